The highest BCUT2D eigenvalue weighted by Crippen LogP contribution is 2.02. The van der Waals surface area contributed by atoms with Gasteiger partial charge in [-0.2, -0.15) is 5.10 Å². The van der Waals surface area contributed by atoms with Crippen LogP contribution in [0.2, 0.25) is 0 Å². The molecule has 64 valence electrons. The lowest BCUT2D eigenvalue weighted by atomic mass is 10.3. The van der Waals surface area contributed by atoms with Gasteiger partial charge < -0.3 is 4.74 Å². The van der Waals surface area contributed by atoms with Gasteiger partial charge in [-0.05, 0) is 0 Å². The average Bonchev–Trinajstić information content (AvgIpc) is 2.33. The summed E-state index contributed by atoms with van der Waals surface area (Å²) in [5.74, 6) is 0.773. The van der Waals surface area contributed by atoms with Crippen molar-refractivity contribution >= 4 is 11.5 Å². The summed E-state index contributed by atoms with van der Waals surface area (Å²) in [6.07, 6.45) is 1.61. The second kappa shape index (κ2) is 2.90. The summed E-state index contributed by atoms with van der Waals surface area (Å²) in [5, 5.41) is 11.5. The number of aromatic nitrogens is 3. The van der Waals surface area contributed by atoms with Crippen molar-refractivity contribution in [3.8, 4) is 0 Å². The first-order valence-electron chi connectivity index (χ1n) is 3.60. The van der Waals surface area contributed by atoms with Crippen molar-refractivity contribution in [1.29, 1.82) is 0 Å². The standard InChI is InChI=1S/C6H9N5O/c1-11-6(2-7-10-11)9-8-5-3-12-4-5/h2,9H,3-4H2,1H3. The van der Waals surface area contributed by atoms with E-state index in [2.05, 4.69) is 20.8 Å². The van der Waals surface area contributed by atoms with Crippen LogP contribution in [0, 0.1) is 0 Å². The number of hydrogen-bond donors (Lipinski definition) is 1. The SMILES string of the molecule is Cn1nncc1NN=C1COC1. The van der Waals surface area contributed by atoms with Gasteiger partial charge in [0.1, 0.15) is 0 Å². The average molecular weight is 167 g/mol. The summed E-state index contributed by atoms with van der Waals surface area (Å²) < 4.78 is 6.54. The maximum atomic E-state index is 4.93. The minimum Gasteiger partial charge on any atom is -0.369 e. The maximum Gasteiger partial charge on any atom is 0.164 e. The second-order valence-electron chi connectivity index (χ2n) is 2.53. The third-order valence-electron chi connectivity index (χ3n) is 1.58. The normalized spacial score (nSPS) is 15.6. The summed E-state index contributed by atoms with van der Waals surface area (Å²) in [4.78, 5) is 0. The molecule has 1 N–H and O–H groups in total. The van der Waals surface area contributed by atoms with Gasteiger partial charge in [0, 0.05) is 7.05 Å². The van der Waals surface area contributed by atoms with Crippen molar-refractivity contribution in [3.63, 3.8) is 0 Å². The summed E-state index contributed by atoms with van der Waals surface area (Å²) in [5.41, 5.74) is 3.85. The summed E-state index contributed by atoms with van der Waals surface area (Å²) in [6, 6.07) is 0. The molecule has 0 saturated carbocycles. The monoisotopic (exact) mass is 167 g/mol. The molecule has 0 unspecified atom stereocenters. The lowest BCUT2D eigenvalue weighted by Gasteiger charge is -2.15. The molecule has 0 spiro atoms. The van der Waals surface area contributed by atoms with Gasteiger partial charge in [0.15, 0.2) is 5.82 Å². The van der Waals surface area contributed by atoms with Crippen molar-refractivity contribution in [2.45, 2.75) is 0 Å². The third kappa shape index (κ3) is 1.28. The number of hydrogen-bond acceptors (Lipinski definition) is 5. The van der Waals surface area contributed by atoms with Crippen molar-refractivity contribution < 1.29 is 4.74 Å². The molecule has 0 amide bonds. The van der Waals surface area contributed by atoms with Crippen molar-refractivity contribution in [2.24, 2.45) is 12.1 Å². The molecular formula is C6H9N5O. The van der Waals surface area contributed by atoms with Crippen molar-refractivity contribution in [3.05, 3.63) is 6.20 Å². The van der Waals surface area contributed by atoms with E-state index >= 15 is 0 Å². The molecule has 2 rings (SSSR count). The van der Waals surface area contributed by atoms with Crippen LogP contribution < -0.4 is 5.43 Å². The van der Waals surface area contributed by atoms with Gasteiger partial charge in [0.25, 0.3) is 0 Å². The molecule has 1 aromatic rings. The van der Waals surface area contributed by atoms with Crippen LogP contribution in [-0.2, 0) is 11.8 Å². The van der Waals surface area contributed by atoms with Crippen LogP contribution in [-0.4, -0.2) is 33.9 Å². The number of anilines is 1. The van der Waals surface area contributed by atoms with Crippen LogP contribution in [0.5, 0.6) is 0 Å². The smallest absolute Gasteiger partial charge is 0.164 e. The second-order valence-corrected chi connectivity index (χ2v) is 2.53. The van der Waals surface area contributed by atoms with Crippen LogP contribution in [0.3, 0.4) is 0 Å². The predicted octanol–water partition coefficient (Wildman–Crippen LogP) is -0.387. The fourth-order valence-corrected chi connectivity index (χ4v) is 0.785. The topological polar surface area (TPSA) is 64.3 Å². The molecule has 0 aliphatic carbocycles. The molecule has 1 aliphatic rings. The van der Waals surface area contributed by atoms with E-state index in [-0.39, 0.29) is 0 Å². The van der Waals surface area contributed by atoms with Crippen LogP contribution in [0.25, 0.3) is 0 Å². The van der Waals surface area contributed by atoms with Gasteiger partial charge in [0.2, 0.25) is 0 Å². The Morgan fingerprint density at radius 2 is 2.50 bits per heavy atom. The Labute approximate surface area is 69.2 Å². The third-order valence-corrected chi connectivity index (χ3v) is 1.58. The molecule has 0 radical (unpaired) electrons. The molecule has 1 aliphatic heterocycles. The molecule has 12 heavy (non-hydrogen) atoms. The first kappa shape index (κ1) is 7.23. The Morgan fingerprint density at radius 1 is 1.67 bits per heavy atom. The zero-order valence-corrected chi connectivity index (χ0v) is 6.69. The number of ether oxygens (including phenoxy) is 1. The van der Waals surface area contributed by atoms with Gasteiger partial charge >= 0.3 is 0 Å². The van der Waals surface area contributed by atoms with Gasteiger partial charge in [-0.15, -0.1) is 5.10 Å². The highest BCUT2D eigenvalue weighted by atomic mass is 16.5. The quantitative estimate of drug-likeness (QED) is 0.609. The van der Waals surface area contributed by atoms with Gasteiger partial charge in [-0.25, -0.2) is 4.68 Å². The number of nitrogens with one attached hydrogen (secondary N) is 1. The van der Waals surface area contributed by atoms with Gasteiger partial charge in [-0.1, -0.05) is 5.21 Å². The van der Waals surface area contributed by atoms with E-state index in [1.165, 1.54) is 0 Å². The van der Waals surface area contributed by atoms with E-state index in [1.54, 1.807) is 17.9 Å². The molecule has 1 fully saturated rings. The zero-order chi connectivity index (χ0) is 8.39. The Morgan fingerprint density at radius 3 is 3.00 bits per heavy atom. The Kier molecular flexibility index (Phi) is 1.75. The molecule has 2 heterocycles. The minimum atomic E-state index is 0.623. The fraction of sp³-hybridized carbons (Fsp3) is 0.500. The number of rotatable bonds is 2. The molecule has 1 saturated heterocycles. The Hall–Kier alpha value is -1.43. The molecule has 0 atom stereocenters. The lowest BCUT2D eigenvalue weighted by molar-refractivity contribution is 0.159. The highest BCUT2D eigenvalue weighted by molar-refractivity contribution is 5.91. The fourth-order valence-electron chi connectivity index (χ4n) is 0.785. The van der Waals surface area contributed by atoms with Crippen LogP contribution in [0.4, 0.5) is 5.82 Å². The van der Waals surface area contributed by atoms with Gasteiger partial charge in [-0.3, -0.25) is 5.43 Å². The molecule has 0 bridgehead atoms. The van der Waals surface area contributed by atoms with E-state index in [9.17, 15) is 0 Å². The summed E-state index contributed by atoms with van der Waals surface area (Å²) in [6.45, 7) is 1.25. The van der Waals surface area contributed by atoms with E-state index in [0.717, 1.165) is 11.5 Å². The molecule has 6 heteroatoms. The summed E-state index contributed by atoms with van der Waals surface area (Å²) in [7, 11) is 1.80. The van der Waals surface area contributed by atoms with Gasteiger partial charge in [0.05, 0.1) is 25.1 Å². The number of aryl methyl sites for hydroxylation is 1. The van der Waals surface area contributed by atoms with Crippen molar-refractivity contribution in [2.75, 3.05) is 18.6 Å². The zero-order valence-electron chi connectivity index (χ0n) is 6.69. The van der Waals surface area contributed by atoms with E-state index < -0.39 is 0 Å². The molecule has 0 aromatic carbocycles. The first-order chi connectivity index (χ1) is 5.86. The number of nitrogens with zero attached hydrogens (tertiary/aromatic N) is 4. The van der Waals surface area contributed by atoms with Crippen LogP contribution in [0.1, 0.15) is 0 Å². The number of hydrazone groups is 1. The van der Waals surface area contributed by atoms with E-state index in [0.29, 0.717) is 13.2 Å². The van der Waals surface area contributed by atoms with E-state index in [4.69, 9.17) is 4.74 Å². The largest absolute Gasteiger partial charge is 0.369 e. The lowest BCUT2D eigenvalue weighted by Crippen LogP contribution is -2.28. The first-order valence-corrected chi connectivity index (χ1v) is 3.60. The highest BCUT2D eigenvalue weighted by Gasteiger charge is 2.10. The molecule has 6 nitrogen and oxygen atoms in total. The summed E-state index contributed by atoms with van der Waals surface area (Å²) >= 11 is 0. The van der Waals surface area contributed by atoms with Crippen LogP contribution in [0.15, 0.2) is 11.3 Å². The predicted molar refractivity (Wildman–Crippen MR) is 42.9 cm³/mol. The maximum absolute atomic E-state index is 4.93. The Bertz CT molecular complexity index is 299. The van der Waals surface area contributed by atoms with E-state index in [1.807, 2.05) is 0 Å². The Balaban J connectivity index is 1.99. The molecular weight excluding hydrogens is 158 g/mol. The van der Waals surface area contributed by atoms with Crippen molar-refractivity contribution in [1.82, 2.24) is 15.0 Å². The van der Waals surface area contributed by atoms with Crippen LogP contribution >= 0.6 is 0 Å². The minimum absolute atomic E-state index is 0.623. The molecule has 1 aromatic heterocycles.